The second-order valence-corrected chi connectivity index (χ2v) is 1.89. The zero-order valence-electron chi connectivity index (χ0n) is 9.58. The van der Waals surface area contributed by atoms with Gasteiger partial charge in [-0.3, -0.25) is 0 Å². The van der Waals surface area contributed by atoms with E-state index in [9.17, 15) is 0 Å². The highest BCUT2D eigenvalue weighted by Crippen LogP contribution is 1.75. The minimum Gasteiger partial charge on any atom is -0.400 e. The van der Waals surface area contributed by atoms with Crippen LogP contribution in [0, 0.1) is 12.3 Å². The lowest BCUT2D eigenvalue weighted by molar-refractivity contribution is 0.0385. The molecule has 4 heteroatoms. The van der Waals surface area contributed by atoms with E-state index in [0.29, 0.717) is 26.4 Å². The number of hydrogen-bond acceptors (Lipinski definition) is 4. The van der Waals surface area contributed by atoms with Crippen LogP contribution >= 0.6 is 0 Å². The van der Waals surface area contributed by atoms with E-state index in [1.54, 1.807) is 21.1 Å². The zero-order chi connectivity index (χ0) is 11.7. The second-order valence-electron chi connectivity index (χ2n) is 1.89. The predicted octanol–water partition coefficient (Wildman–Crippen LogP) is 0.544. The Hall–Kier alpha value is -0.600. The van der Waals surface area contributed by atoms with Gasteiger partial charge < -0.3 is 19.3 Å². The highest BCUT2D eigenvalue weighted by molar-refractivity contribution is 4.73. The number of methoxy groups -OCH3 is 2. The topological polar surface area (TPSA) is 47.9 Å². The van der Waals surface area contributed by atoms with Crippen molar-refractivity contribution in [3.05, 3.63) is 0 Å². The molecular weight excluding hydrogens is 184 g/mol. The summed E-state index contributed by atoms with van der Waals surface area (Å²) in [5.74, 6) is 2.25. The van der Waals surface area contributed by atoms with Gasteiger partial charge in [0.25, 0.3) is 0 Å². The molecule has 0 bridgehead atoms. The Kier molecular flexibility index (Phi) is 40.0. The summed E-state index contributed by atoms with van der Waals surface area (Å²) < 4.78 is 14.6. The van der Waals surface area contributed by atoms with Gasteiger partial charge in [-0.1, -0.05) is 0 Å². The van der Waals surface area contributed by atoms with Crippen LogP contribution in [0.4, 0.5) is 0 Å². The predicted molar refractivity (Wildman–Crippen MR) is 57.2 cm³/mol. The maximum Gasteiger partial charge on any atom is 0.0701 e. The van der Waals surface area contributed by atoms with Crippen molar-refractivity contribution in [1.82, 2.24) is 0 Å². The first kappa shape index (κ1) is 19.0. The highest BCUT2D eigenvalue weighted by Gasteiger charge is 1.84. The summed E-state index contributed by atoms with van der Waals surface area (Å²) in [6, 6.07) is 0. The van der Waals surface area contributed by atoms with Crippen molar-refractivity contribution in [2.75, 3.05) is 47.8 Å². The van der Waals surface area contributed by atoms with Gasteiger partial charge in [0, 0.05) is 21.3 Å². The van der Waals surface area contributed by atoms with Crippen molar-refractivity contribution >= 4 is 0 Å². The fourth-order valence-electron chi connectivity index (χ4n) is 0.387. The molecule has 4 nitrogen and oxygen atoms in total. The van der Waals surface area contributed by atoms with Gasteiger partial charge in [0.15, 0.2) is 0 Å². The van der Waals surface area contributed by atoms with Crippen LogP contribution in [0.5, 0.6) is 0 Å². The SMILES string of the molecule is C#CC.CO.COCCOCCOC. The molecule has 1 N–H and O–H groups in total. The third-order valence-electron chi connectivity index (χ3n) is 0.864. The Morgan fingerprint density at radius 2 is 1.29 bits per heavy atom. The van der Waals surface area contributed by atoms with Gasteiger partial charge in [0.1, 0.15) is 0 Å². The van der Waals surface area contributed by atoms with E-state index in [-0.39, 0.29) is 0 Å². The molecule has 0 radical (unpaired) electrons. The van der Waals surface area contributed by atoms with Gasteiger partial charge in [-0.05, 0) is 6.92 Å². The van der Waals surface area contributed by atoms with Gasteiger partial charge in [-0.2, -0.15) is 0 Å². The molecule has 0 amide bonds. The van der Waals surface area contributed by atoms with E-state index in [2.05, 4.69) is 12.3 Å². The Bertz CT molecular complexity index is 92.8. The Balaban J connectivity index is -0.000000205. The van der Waals surface area contributed by atoms with Crippen LogP contribution in [-0.4, -0.2) is 52.9 Å². The first-order chi connectivity index (χ1) is 6.83. The van der Waals surface area contributed by atoms with E-state index >= 15 is 0 Å². The zero-order valence-corrected chi connectivity index (χ0v) is 9.58. The first-order valence-corrected chi connectivity index (χ1v) is 4.21. The minimum atomic E-state index is 0.653. The Morgan fingerprint density at radius 1 is 1.00 bits per heavy atom. The van der Waals surface area contributed by atoms with Crippen molar-refractivity contribution in [2.24, 2.45) is 0 Å². The highest BCUT2D eigenvalue weighted by atomic mass is 16.5. The molecule has 0 aliphatic heterocycles. The normalized spacial score (nSPS) is 7.43. The molecule has 0 spiro atoms. The van der Waals surface area contributed by atoms with E-state index in [1.807, 2.05) is 0 Å². The summed E-state index contributed by atoms with van der Waals surface area (Å²) in [4.78, 5) is 0. The van der Waals surface area contributed by atoms with E-state index in [4.69, 9.17) is 19.3 Å². The largest absolute Gasteiger partial charge is 0.400 e. The van der Waals surface area contributed by atoms with Gasteiger partial charge in [0.2, 0.25) is 0 Å². The van der Waals surface area contributed by atoms with Crippen molar-refractivity contribution in [2.45, 2.75) is 6.92 Å². The molecule has 0 aliphatic rings. The molecule has 0 aromatic heterocycles. The fourth-order valence-corrected chi connectivity index (χ4v) is 0.387. The lowest BCUT2D eigenvalue weighted by Gasteiger charge is -2.00. The van der Waals surface area contributed by atoms with Crippen LogP contribution < -0.4 is 0 Å². The lowest BCUT2D eigenvalue weighted by atomic mass is 10.7. The van der Waals surface area contributed by atoms with E-state index in [0.717, 1.165) is 7.11 Å². The molecule has 0 saturated heterocycles. The van der Waals surface area contributed by atoms with Crippen molar-refractivity contribution in [3.8, 4) is 12.3 Å². The molecule has 0 rings (SSSR count). The van der Waals surface area contributed by atoms with Gasteiger partial charge in [-0.25, -0.2) is 0 Å². The van der Waals surface area contributed by atoms with Crippen molar-refractivity contribution < 1.29 is 19.3 Å². The molecule has 14 heavy (non-hydrogen) atoms. The maximum atomic E-state index is 7.00. The molecule has 0 fully saturated rings. The molecule has 0 aliphatic carbocycles. The standard InChI is InChI=1S/C6H14O3.C3H4.CH4O/c1-7-3-5-9-6-4-8-2;1-3-2;1-2/h3-6H2,1-2H3;1H,2H3;2H,1H3. The molecule has 0 aromatic carbocycles. The van der Waals surface area contributed by atoms with Crippen LogP contribution in [0.1, 0.15) is 6.92 Å². The summed E-state index contributed by atoms with van der Waals surface area (Å²) in [5, 5.41) is 7.00. The van der Waals surface area contributed by atoms with Crippen LogP contribution in [-0.2, 0) is 14.2 Å². The monoisotopic (exact) mass is 206 g/mol. The number of terminal acetylenes is 1. The summed E-state index contributed by atoms with van der Waals surface area (Å²) >= 11 is 0. The van der Waals surface area contributed by atoms with Crippen molar-refractivity contribution in [3.63, 3.8) is 0 Å². The van der Waals surface area contributed by atoms with Crippen LogP contribution in [0.25, 0.3) is 0 Å². The summed E-state index contributed by atoms with van der Waals surface area (Å²) in [7, 11) is 4.30. The molecular formula is C10H22O4. The average molecular weight is 206 g/mol. The average Bonchev–Trinajstić information content (AvgIpc) is 2.22. The molecule has 0 atom stereocenters. The quantitative estimate of drug-likeness (QED) is 0.509. The summed E-state index contributed by atoms with van der Waals surface area (Å²) in [6.45, 7) is 4.27. The maximum absolute atomic E-state index is 7.00. The number of ether oxygens (including phenoxy) is 3. The lowest BCUT2D eigenvalue weighted by Crippen LogP contribution is -2.06. The number of aliphatic hydroxyl groups is 1. The second kappa shape index (κ2) is 29.4. The van der Waals surface area contributed by atoms with Gasteiger partial charge in [-0.15, -0.1) is 12.3 Å². The van der Waals surface area contributed by atoms with Crippen LogP contribution in [0.15, 0.2) is 0 Å². The molecule has 0 aromatic rings. The molecule has 0 unspecified atom stereocenters. The molecule has 0 heterocycles. The summed E-state index contributed by atoms with van der Waals surface area (Å²) in [5.41, 5.74) is 0. The third-order valence-corrected chi connectivity index (χ3v) is 0.864. The van der Waals surface area contributed by atoms with Crippen molar-refractivity contribution in [1.29, 1.82) is 0 Å². The number of rotatable bonds is 6. The Labute approximate surface area is 87.2 Å². The van der Waals surface area contributed by atoms with Gasteiger partial charge >= 0.3 is 0 Å². The number of hydrogen-bond donors (Lipinski definition) is 1. The molecule has 86 valence electrons. The number of aliphatic hydroxyl groups excluding tert-OH is 1. The summed E-state index contributed by atoms with van der Waals surface area (Å²) in [6.07, 6.45) is 4.60. The first-order valence-electron chi connectivity index (χ1n) is 4.21. The third kappa shape index (κ3) is 42.3. The minimum absolute atomic E-state index is 0.653. The smallest absolute Gasteiger partial charge is 0.0701 e. The molecule has 0 saturated carbocycles. The van der Waals surface area contributed by atoms with E-state index < -0.39 is 0 Å². The van der Waals surface area contributed by atoms with Gasteiger partial charge in [0.05, 0.1) is 26.4 Å². The Morgan fingerprint density at radius 3 is 1.50 bits per heavy atom. The van der Waals surface area contributed by atoms with E-state index in [1.165, 1.54) is 0 Å². The fraction of sp³-hybridized carbons (Fsp3) is 0.800. The van der Waals surface area contributed by atoms with Crippen LogP contribution in [0.2, 0.25) is 0 Å². The van der Waals surface area contributed by atoms with Crippen LogP contribution in [0.3, 0.4) is 0 Å².